The maximum absolute atomic E-state index is 6.21. The summed E-state index contributed by atoms with van der Waals surface area (Å²) < 4.78 is 5.39. The van der Waals surface area contributed by atoms with Crippen LogP contribution in [0.3, 0.4) is 0 Å². The number of ether oxygens (including phenoxy) is 1. The van der Waals surface area contributed by atoms with Crippen LogP contribution in [0.1, 0.15) is 26.5 Å². The van der Waals surface area contributed by atoms with Crippen LogP contribution in [-0.4, -0.2) is 42.7 Å². The Bertz CT molecular complexity index is 374. The predicted molar refractivity (Wildman–Crippen MR) is 80.9 cm³/mol. The number of anilines is 1. The Hall–Kier alpha value is -0.840. The topological polar surface area (TPSA) is 37.4 Å². The highest BCUT2D eigenvalue weighted by atomic mass is 35.5. The second-order valence-corrected chi connectivity index (χ2v) is 4.63. The van der Waals surface area contributed by atoms with Crippen molar-refractivity contribution >= 4 is 17.4 Å². The first kappa shape index (κ1) is 16.2. The lowest BCUT2D eigenvalue weighted by molar-refractivity contribution is 0.112. The first-order chi connectivity index (χ1) is 9.21. The second kappa shape index (κ2) is 9.13. The Morgan fingerprint density at radius 1 is 1.32 bits per heavy atom. The summed E-state index contributed by atoms with van der Waals surface area (Å²) in [6.07, 6.45) is 0. The maximum atomic E-state index is 6.21. The molecule has 0 spiro atoms. The zero-order valence-electron chi connectivity index (χ0n) is 12.1. The number of halogens is 1. The molecule has 1 heterocycles. The minimum absolute atomic E-state index is 0.719. The summed E-state index contributed by atoms with van der Waals surface area (Å²) >= 11 is 6.21. The van der Waals surface area contributed by atoms with Gasteiger partial charge in [0.05, 0.1) is 17.3 Å². The van der Waals surface area contributed by atoms with Crippen molar-refractivity contribution in [3.8, 4) is 0 Å². The number of nitrogens with zero attached hydrogens (tertiary/aromatic N) is 2. The summed E-state index contributed by atoms with van der Waals surface area (Å²) in [6.45, 7) is 11.2. The molecule has 0 atom stereocenters. The quantitative estimate of drug-likeness (QED) is 0.708. The highest BCUT2D eigenvalue weighted by Crippen LogP contribution is 2.18. The van der Waals surface area contributed by atoms with E-state index in [-0.39, 0.29) is 0 Å². The molecule has 0 amide bonds. The van der Waals surface area contributed by atoms with E-state index in [1.807, 2.05) is 19.1 Å². The first-order valence-corrected chi connectivity index (χ1v) is 7.28. The largest absolute Gasteiger partial charge is 0.380 e. The van der Waals surface area contributed by atoms with Gasteiger partial charge in [-0.15, -0.1) is 0 Å². The van der Waals surface area contributed by atoms with Crippen LogP contribution in [0.5, 0.6) is 0 Å². The van der Waals surface area contributed by atoms with Crippen molar-refractivity contribution in [2.75, 3.05) is 38.2 Å². The molecule has 0 saturated heterocycles. The third kappa shape index (κ3) is 5.76. The fourth-order valence-corrected chi connectivity index (χ4v) is 1.94. The highest BCUT2D eigenvalue weighted by molar-refractivity contribution is 6.31. The highest BCUT2D eigenvalue weighted by Gasteiger charge is 2.09. The van der Waals surface area contributed by atoms with E-state index in [9.17, 15) is 0 Å². The van der Waals surface area contributed by atoms with E-state index in [4.69, 9.17) is 16.3 Å². The van der Waals surface area contributed by atoms with Crippen molar-refractivity contribution in [2.24, 2.45) is 0 Å². The average Bonchev–Trinajstić information content (AvgIpc) is 2.41. The number of hydrogen-bond acceptors (Lipinski definition) is 4. The van der Waals surface area contributed by atoms with Crippen LogP contribution < -0.4 is 5.32 Å². The second-order valence-electron chi connectivity index (χ2n) is 4.22. The lowest BCUT2D eigenvalue weighted by Gasteiger charge is -2.20. The molecule has 19 heavy (non-hydrogen) atoms. The summed E-state index contributed by atoms with van der Waals surface area (Å²) in [5.74, 6) is 0.878. The first-order valence-electron chi connectivity index (χ1n) is 6.90. The van der Waals surface area contributed by atoms with Crippen molar-refractivity contribution in [2.45, 2.75) is 27.3 Å². The molecule has 0 radical (unpaired) electrons. The third-order valence-corrected chi connectivity index (χ3v) is 3.20. The SMILES string of the molecule is CCNc1ccc(Cl)c(CN(CC)CCOCC)n1. The van der Waals surface area contributed by atoms with Gasteiger partial charge in [-0.05, 0) is 32.5 Å². The summed E-state index contributed by atoms with van der Waals surface area (Å²) in [6, 6.07) is 3.81. The minimum Gasteiger partial charge on any atom is -0.380 e. The predicted octanol–water partition coefficient (Wildman–Crippen LogP) is 3.03. The molecule has 5 heteroatoms. The number of hydrogen-bond donors (Lipinski definition) is 1. The molecular formula is C14H24ClN3O. The lowest BCUT2D eigenvalue weighted by Crippen LogP contribution is -2.27. The van der Waals surface area contributed by atoms with Gasteiger partial charge in [0.2, 0.25) is 0 Å². The monoisotopic (exact) mass is 285 g/mol. The molecule has 0 unspecified atom stereocenters. The maximum Gasteiger partial charge on any atom is 0.126 e. The van der Waals surface area contributed by atoms with Crippen LogP contribution >= 0.6 is 11.6 Å². The minimum atomic E-state index is 0.719. The molecular weight excluding hydrogens is 262 g/mol. The van der Waals surface area contributed by atoms with Gasteiger partial charge in [0.1, 0.15) is 5.82 Å². The Kier molecular flexibility index (Phi) is 7.79. The van der Waals surface area contributed by atoms with Crippen LogP contribution in [0.4, 0.5) is 5.82 Å². The smallest absolute Gasteiger partial charge is 0.126 e. The summed E-state index contributed by atoms with van der Waals surface area (Å²) in [7, 11) is 0. The van der Waals surface area contributed by atoms with Gasteiger partial charge in [0, 0.05) is 26.2 Å². The van der Waals surface area contributed by atoms with E-state index in [1.54, 1.807) is 0 Å². The summed E-state index contributed by atoms with van der Waals surface area (Å²) in [5.41, 5.74) is 0.915. The molecule has 0 aliphatic rings. The van der Waals surface area contributed by atoms with E-state index in [0.717, 1.165) is 55.9 Å². The van der Waals surface area contributed by atoms with E-state index in [1.165, 1.54) is 0 Å². The van der Waals surface area contributed by atoms with E-state index in [2.05, 4.69) is 29.0 Å². The van der Waals surface area contributed by atoms with Crippen LogP contribution in [0, 0.1) is 0 Å². The van der Waals surface area contributed by atoms with Gasteiger partial charge in [0.15, 0.2) is 0 Å². The molecule has 0 aromatic carbocycles. The standard InChI is InChI=1S/C14H24ClN3O/c1-4-16-14-8-7-12(15)13(17-14)11-18(5-2)9-10-19-6-3/h7-8H,4-6,9-11H2,1-3H3,(H,16,17). The van der Waals surface area contributed by atoms with Gasteiger partial charge in [-0.2, -0.15) is 0 Å². The third-order valence-electron chi connectivity index (χ3n) is 2.85. The molecule has 4 nitrogen and oxygen atoms in total. The van der Waals surface area contributed by atoms with Crippen molar-refractivity contribution in [1.29, 1.82) is 0 Å². The van der Waals surface area contributed by atoms with Gasteiger partial charge in [-0.25, -0.2) is 4.98 Å². The van der Waals surface area contributed by atoms with Gasteiger partial charge in [-0.1, -0.05) is 18.5 Å². The molecule has 0 aliphatic carbocycles. The molecule has 1 aromatic heterocycles. The normalized spacial score (nSPS) is 11.0. The Balaban J connectivity index is 2.64. The van der Waals surface area contributed by atoms with E-state index >= 15 is 0 Å². The summed E-state index contributed by atoms with van der Waals surface area (Å²) in [4.78, 5) is 6.83. The molecule has 0 aliphatic heterocycles. The van der Waals surface area contributed by atoms with Gasteiger partial charge in [-0.3, -0.25) is 4.90 Å². The molecule has 0 fully saturated rings. The Morgan fingerprint density at radius 3 is 2.74 bits per heavy atom. The van der Waals surface area contributed by atoms with Crippen LogP contribution in [0.2, 0.25) is 5.02 Å². The molecule has 1 aromatic rings. The van der Waals surface area contributed by atoms with E-state index in [0.29, 0.717) is 0 Å². The Labute approximate surface area is 121 Å². The summed E-state index contributed by atoms with van der Waals surface area (Å²) in [5, 5.41) is 3.92. The van der Waals surface area contributed by atoms with E-state index < -0.39 is 0 Å². The van der Waals surface area contributed by atoms with Gasteiger partial charge >= 0.3 is 0 Å². The molecule has 108 valence electrons. The zero-order valence-corrected chi connectivity index (χ0v) is 12.8. The fourth-order valence-electron chi connectivity index (χ4n) is 1.77. The zero-order chi connectivity index (χ0) is 14.1. The van der Waals surface area contributed by atoms with Crippen molar-refractivity contribution in [1.82, 2.24) is 9.88 Å². The van der Waals surface area contributed by atoms with Crippen LogP contribution in [0.25, 0.3) is 0 Å². The molecule has 1 N–H and O–H groups in total. The number of aromatic nitrogens is 1. The Morgan fingerprint density at radius 2 is 2.11 bits per heavy atom. The van der Waals surface area contributed by atoms with Gasteiger partial charge in [0.25, 0.3) is 0 Å². The van der Waals surface area contributed by atoms with Crippen molar-refractivity contribution in [3.63, 3.8) is 0 Å². The lowest BCUT2D eigenvalue weighted by atomic mass is 10.3. The van der Waals surface area contributed by atoms with Crippen molar-refractivity contribution < 1.29 is 4.74 Å². The average molecular weight is 286 g/mol. The number of pyridine rings is 1. The van der Waals surface area contributed by atoms with Crippen LogP contribution in [0.15, 0.2) is 12.1 Å². The van der Waals surface area contributed by atoms with Gasteiger partial charge < -0.3 is 10.1 Å². The molecule has 0 saturated carbocycles. The fraction of sp³-hybridized carbons (Fsp3) is 0.643. The number of nitrogens with one attached hydrogen (secondary N) is 1. The number of rotatable bonds is 9. The number of likely N-dealkylation sites (N-methyl/N-ethyl adjacent to an activating group) is 1. The van der Waals surface area contributed by atoms with Crippen LogP contribution in [-0.2, 0) is 11.3 Å². The molecule has 1 rings (SSSR count). The molecule has 0 bridgehead atoms. The van der Waals surface area contributed by atoms with Crippen molar-refractivity contribution in [3.05, 3.63) is 22.8 Å².